The van der Waals surface area contributed by atoms with Crippen molar-refractivity contribution >= 4 is 17.7 Å². The highest BCUT2D eigenvalue weighted by Gasteiger charge is 2.13. The highest BCUT2D eigenvalue weighted by Crippen LogP contribution is 2.20. The molecule has 0 aliphatic heterocycles. The zero-order chi connectivity index (χ0) is 15.5. The lowest BCUT2D eigenvalue weighted by Gasteiger charge is -2.21. The smallest absolute Gasteiger partial charge is 0.220 e. The molecule has 1 fully saturated rings. The molecule has 0 aromatic heterocycles. The van der Waals surface area contributed by atoms with Gasteiger partial charge in [0.15, 0.2) is 0 Å². The lowest BCUT2D eigenvalue weighted by atomic mass is 9.98. The topological polar surface area (TPSA) is 38.3 Å². The number of thioether (sulfide) groups is 1. The molecule has 1 aromatic rings. The SMILES string of the molecule is O=C(CCSc1ccccc1)NCCCOC1CCCCC1. The first-order valence-electron chi connectivity index (χ1n) is 8.41. The summed E-state index contributed by atoms with van der Waals surface area (Å²) in [6.07, 6.45) is 8.34. The first-order chi connectivity index (χ1) is 10.8. The number of hydrogen-bond donors (Lipinski definition) is 1. The predicted octanol–water partition coefficient (Wildman–Crippen LogP) is 4.02. The van der Waals surface area contributed by atoms with Crippen LogP contribution in [0.4, 0.5) is 0 Å². The molecule has 0 radical (unpaired) electrons. The van der Waals surface area contributed by atoms with Crippen LogP contribution in [0.1, 0.15) is 44.9 Å². The van der Waals surface area contributed by atoms with Crippen molar-refractivity contribution in [1.29, 1.82) is 0 Å². The van der Waals surface area contributed by atoms with Gasteiger partial charge in [0.2, 0.25) is 5.91 Å². The van der Waals surface area contributed by atoms with Crippen LogP contribution >= 0.6 is 11.8 Å². The number of ether oxygens (including phenoxy) is 1. The fourth-order valence-corrected chi connectivity index (χ4v) is 3.52. The molecule has 3 nitrogen and oxygen atoms in total. The van der Waals surface area contributed by atoms with E-state index in [4.69, 9.17) is 4.74 Å². The van der Waals surface area contributed by atoms with Crippen LogP contribution in [0.5, 0.6) is 0 Å². The van der Waals surface area contributed by atoms with Crippen LogP contribution in [0, 0.1) is 0 Å². The normalized spacial score (nSPS) is 15.6. The molecule has 1 N–H and O–H groups in total. The number of benzene rings is 1. The van der Waals surface area contributed by atoms with Crippen molar-refractivity contribution in [3.05, 3.63) is 30.3 Å². The van der Waals surface area contributed by atoms with Gasteiger partial charge in [0.05, 0.1) is 6.10 Å². The summed E-state index contributed by atoms with van der Waals surface area (Å²) in [5.74, 6) is 0.968. The Bertz CT molecular complexity index is 418. The third kappa shape index (κ3) is 7.32. The summed E-state index contributed by atoms with van der Waals surface area (Å²) in [6, 6.07) is 10.2. The highest BCUT2D eigenvalue weighted by atomic mass is 32.2. The number of rotatable bonds is 9. The van der Waals surface area contributed by atoms with Gasteiger partial charge in [0.25, 0.3) is 0 Å². The molecule has 0 saturated heterocycles. The van der Waals surface area contributed by atoms with Crippen LogP contribution in [0.15, 0.2) is 35.2 Å². The van der Waals surface area contributed by atoms with Crippen molar-refractivity contribution in [1.82, 2.24) is 5.32 Å². The molecule has 0 bridgehead atoms. The molecule has 22 heavy (non-hydrogen) atoms. The molecule has 0 heterocycles. The second kappa shape index (κ2) is 10.7. The van der Waals surface area contributed by atoms with E-state index in [9.17, 15) is 4.79 Å². The van der Waals surface area contributed by atoms with Gasteiger partial charge >= 0.3 is 0 Å². The quantitative estimate of drug-likeness (QED) is 0.551. The molecule has 4 heteroatoms. The van der Waals surface area contributed by atoms with Gasteiger partial charge in [-0.2, -0.15) is 0 Å². The van der Waals surface area contributed by atoms with E-state index in [1.165, 1.54) is 37.0 Å². The minimum absolute atomic E-state index is 0.140. The Morgan fingerprint density at radius 1 is 1.18 bits per heavy atom. The lowest BCUT2D eigenvalue weighted by molar-refractivity contribution is -0.120. The van der Waals surface area contributed by atoms with Crippen LogP contribution in [-0.2, 0) is 9.53 Å². The largest absolute Gasteiger partial charge is 0.378 e. The van der Waals surface area contributed by atoms with Gasteiger partial charge in [0.1, 0.15) is 0 Å². The molecule has 1 saturated carbocycles. The monoisotopic (exact) mass is 321 g/mol. The first kappa shape index (κ1) is 17.4. The maximum atomic E-state index is 11.7. The summed E-state index contributed by atoms with van der Waals surface area (Å²) in [5.41, 5.74) is 0. The third-order valence-corrected chi connectivity index (χ3v) is 4.90. The van der Waals surface area contributed by atoms with Gasteiger partial charge in [0, 0.05) is 30.2 Å². The van der Waals surface area contributed by atoms with Gasteiger partial charge in [-0.3, -0.25) is 4.79 Å². The number of hydrogen-bond acceptors (Lipinski definition) is 3. The predicted molar refractivity (Wildman–Crippen MR) is 92.2 cm³/mol. The van der Waals surface area contributed by atoms with Crippen molar-refractivity contribution in [3.8, 4) is 0 Å². The van der Waals surface area contributed by atoms with Gasteiger partial charge in [-0.1, -0.05) is 37.5 Å². The second-order valence-corrected chi connectivity index (χ2v) is 6.91. The highest BCUT2D eigenvalue weighted by molar-refractivity contribution is 7.99. The lowest BCUT2D eigenvalue weighted by Crippen LogP contribution is -2.26. The molecule has 0 spiro atoms. The third-order valence-electron chi connectivity index (χ3n) is 3.89. The molecule has 2 rings (SSSR count). The molecule has 122 valence electrons. The Kier molecular flexibility index (Phi) is 8.43. The summed E-state index contributed by atoms with van der Waals surface area (Å²) in [4.78, 5) is 13.0. The maximum Gasteiger partial charge on any atom is 0.220 e. The molecule has 0 unspecified atom stereocenters. The average molecular weight is 321 g/mol. The summed E-state index contributed by atoms with van der Waals surface area (Å²) in [7, 11) is 0. The number of nitrogens with one attached hydrogen (secondary N) is 1. The van der Waals surface area contributed by atoms with E-state index in [1.807, 2.05) is 18.2 Å². The minimum Gasteiger partial charge on any atom is -0.378 e. The van der Waals surface area contributed by atoms with Crippen molar-refractivity contribution in [2.75, 3.05) is 18.9 Å². The van der Waals surface area contributed by atoms with Crippen molar-refractivity contribution < 1.29 is 9.53 Å². The van der Waals surface area contributed by atoms with E-state index >= 15 is 0 Å². The number of carbonyl (C=O) groups excluding carboxylic acids is 1. The first-order valence-corrected chi connectivity index (χ1v) is 9.39. The Balaban J connectivity index is 1.44. The molecular weight excluding hydrogens is 294 g/mol. The Labute approximate surface area is 138 Å². The Morgan fingerprint density at radius 2 is 1.95 bits per heavy atom. The molecule has 1 aliphatic rings. The van der Waals surface area contributed by atoms with E-state index in [-0.39, 0.29) is 5.91 Å². The van der Waals surface area contributed by atoms with Crippen LogP contribution < -0.4 is 5.32 Å². The van der Waals surface area contributed by atoms with Crippen LogP contribution in [0.3, 0.4) is 0 Å². The van der Waals surface area contributed by atoms with Gasteiger partial charge in [-0.15, -0.1) is 11.8 Å². The van der Waals surface area contributed by atoms with Gasteiger partial charge < -0.3 is 10.1 Å². The van der Waals surface area contributed by atoms with E-state index in [0.717, 1.165) is 25.3 Å². The number of carbonyl (C=O) groups is 1. The van der Waals surface area contributed by atoms with Gasteiger partial charge in [-0.05, 0) is 31.4 Å². The second-order valence-electron chi connectivity index (χ2n) is 5.75. The molecular formula is C18H27NO2S. The molecule has 1 amide bonds. The van der Waals surface area contributed by atoms with Crippen molar-refractivity contribution in [3.63, 3.8) is 0 Å². The molecule has 0 atom stereocenters. The fourth-order valence-electron chi connectivity index (χ4n) is 2.65. The average Bonchev–Trinajstić information content (AvgIpc) is 2.56. The Hall–Kier alpha value is -1.00. The standard InChI is InChI=1S/C18H27NO2S/c20-18(12-15-22-17-10-5-2-6-11-17)19-13-7-14-21-16-8-3-1-4-9-16/h2,5-6,10-11,16H,1,3-4,7-9,12-15H2,(H,19,20). The summed E-state index contributed by atoms with van der Waals surface area (Å²) in [5, 5.41) is 2.97. The fraction of sp³-hybridized carbons (Fsp3) is 0.611. The van der Waals surface area contributed by atoms with Crippen LogP contribution in [0.25, 0.3) is 0 Å². The summed E-state index contributed by atoms with van der Waals surface area (Å²) < 4.78 is 5.85. The van der Waals surface area contributed by atoms with Crippen molar-refractivity contribution in [2.45, 2.75) is 55.9 Å². The molecule has 1 aliphatic carbocycles. The zero-order valence-electron chi connectivity index (χ0n) is 13.3. The maximum absolute atomic E-state index is 11.7. The number of amides is 1. The minimum atomic E-state index is 0.140. The van der Waals surface area contributed by atoms with E-state index in [2.05, 4.69) is 17.4 Å². The van der Waals surface area contributed by atoms with E-state index < -0.39 is 0 Å². The van der Waals surface area contributed by atoms with Crippen LogP contribution in [-0.4, -0.2) is 30.9 Å². The summed E-state index contributed by atoms with van der Waals surface area (Å²) in [6.45, 7) is 1.49. The Morgan fingerprint density at radius 3 is 2.73 bits per heavy atom. The van der Waals surface area contributed by atoms with Crippen LogP contribution in [0.2, 0.25) is 0 Å². The van der Waals surface area contributed by atoms with Gasteiger partial charge in [-0.25, -0.2) is 0 Å². The zero-order valence-corrected chi connectivity index (χ0v) is 14.1. The van der Waals surface area contributed by atoms with Crippen molar-refractivity contribution in [2.24, 2.45) is 0 Å². The van der Waals surface area contributed by atoms with E-state index in [0.29, 0.717) is 12.5 Å². The molecule has 1 aromatic carbocycles. The summed E-state index contributed by atoms with van der Waals surface area (Å²) >= 11 is 1.73. The van der Waals surface area contributed by atoms with E-state index in [1.54, 1.807) is 11.8 Å².